The van der Waals surface area contributed by atoms with Gasteiger partial charge in [0.2, 0.25) is 0 Å². The zero-order valence-corrected chi connectivity index (χ0v) is 17.0. The average molecular weight is 379 g/mol. The van der Waals surface area contributed by atoms with Gasteiger partial charge in [0.05, 0.1) is 13.2 Å². The largest absolute Gasteiger partial charge is 0.465 e. The number of rotatable bonds is 17. The van der Waals surface area contributed by atoms with E-state index in [1.807, 2.05) is 0 Å². The van der Waals surface area contributed by atoms with Crippen molar-refractivity contribution in [1.29, 1.82) is 0 Å². The molecular formula is C18H34O4S2. The summed E-state index contributed by atoms with van der Waals surface area (Å²) in [6.45, 7) is 5.37. The van der Waals surface area contributed by atoms with Crippen molar-refractivity contribution in [3.05, 3.63) is 0 Å². The Balaban J connectivity index is 3.31. The van der Waals surface area contributed by atoms with Crippen LogP contribution in [-0.2, 0) is 19.1 Å². The quantitative estimate of drug-likeness (QED) is 0.192. The summed E-state index contributed by atoms with van der Waals surface area (Å²) < 4.78 is 10.3. The molecule has 0 saturated carbocycles. The molecule has 0 aromatic rings. The SMILES string of the molecule is CCCCCCCOC(=O)CSSCC(=O)OCCCCCCC. The number of carbonyl (C=O) groups is 2. The lowest BCUT2D eigenvalue weighted by molar-refractivity contribution is -0.141. The Kier molecular flexibility index (Phi) is 18.7. The fourth-order valence-corrected chi connectivity index (χ4v) is 3.65. The summed E-state index contributed by atoms with van der Waals surface area (Å²) in [5.41, 5.74) is 0. The molecule has 0 aliphatic heterocycles. The third kappa shape index (κ3) is 18.0. The molecule has 24 heavy (non-hydrogen) atoms. The Morgan fingerprint density at radius 1 is 0.625 bits per heavy atom. The topological polar surface area (TPSA) is 52.6 Å². The van der Waals surface area contributed by atoms with Crippen LogP contribution in [0.15, 0.2) is 0 Å². The Bertz CT molecular complexity index is 281. The van der Waals surface area contributed by atoms with Crippen LogP contribution in [0.5, 0.6) is 0 Å². The molecule has 0 fully saturated rings. The summed E-state index contributed by atoms with van der Waals surface area (Å²) in [5.74, 6) is 0.160. The molecule has 6 heteroatoms. The minimum Gasteiger partial charge on any atom is -0.465 e. The van der Waals surface area contributed by atoms with Crippen molar-refractivity contribution < 1.29 is 19.1 Å². The molecule has 0 aromatic heterocycles. The molecule has 0 aliphatic carbocycles. The van der Waals surface area contributed by atoms with E-state index in [-0.39, 0.29) is 23.4 Å². The third-order valence-corrected chi connectivity index (χ3v) is 5.54. The van der Waals surface area contributed by atoms with Crippen LogP contribution < -0.4 is 0 Å². The van der Waals surface area contributed by atoms with Gasteiger partial charge in [-0.25, -0.2) is 0 Å². The number of hydrogen-bond donors (Lipinski definition) is 0. The van der Waals surface area contributed by atoms with Crippen LogP contribution in [0.4, 0.5) is 0 Å². The monoisotopic (exact) mass is 378 g/mol. The number of carbonyl (C=O) groups excluding carboxylic acids is 2. The summed E-state index contributed by atoms with van der Waals surface area (Å²) in [6, 6.07) is 0. The van der Waals surface area contributed by atoms with Gasteiger partial charge in [0.15, 0.2) is 0 Å². The number of unbranched alkanes of at least 4 members (excludes halogenated alkanes) is 8. The first kappa shape index (κ1) is 23.6. The van der Waals surface area contributed by atoms with E-state index in [2.05, 4.69) is 13.8 Å². The summed E-state index contributed by atoms with van der Waals surface area (Å²) in [6.07, 6.45) is 11.5. The molecular weight excluding hydrogens is 344 g/mol. The first-order valence-electron chi connectivity index (χ1n) is 9.26. The molecule has 0 rings (SSSR count). The average Bonchev–Trinajstić information content (AvgIpc) is 2.58. The first-order valence-corrected chi connectivity index (χ1v) is 11.7. The van der Waals surface area contributed by atoms with E-state index in [1.54, 1.807) is 0 Å². The summed E-state index contributed by atoms with van der Waals surface area (Å²) in [5, 5.41) is 0. The molecule has 0 aliphatic rings. The molecule has 0 N–H and O–H groups in total. The van der Waals surface area contributed by atoms with Crippen molar-refractivity contribution in [2.75, 3.05) is 24.7 Å². The van der Waals surface area contributed by atoms with E-state index in [0.29, 0.717) is 13.2 Å². The minimum absolute atomic E-state index is 0.202. The normalized spacial score (nSPS) is 10.6. The molecule has 4 nitrogen and oxygen atoms in total. The van der Waals surface area contributed by atoms with E-state index in [1.165, 1.54) is 60.1 Å². The summed E-state index contributed by atoms with van der Waals surface area (Å²) in [7, 11) is 2.71. The van der Waals surface area contributed by atoms with Crippen molar-refractivity contribution in [3.8, 4) is 0 Å². The molecule has 142 valence electrons. The zero-order chi connectivity index (χ0) is 17.9. The van der Waals surface area contributed by atoms with Crippen molar-refractivity contribution in [2.45, 2.75) is 78.1 Å². The van der Waals surface area contributed by atoms with E-state index in [0.717, 1.165) is 25.7 Å². The highest BCUT2D eigenvalue weighted by molar-refractivity contribution is 8.77. The van der Waals surface area contributed by atoms with Gasteiger partial charge in [-0.2, -0.15) is 0 Å². The van der Waals surface area contributed by atoms with Gasteiger partial charge in [-0.15, -0.1) is 0 Å². The number of hydrogen-bond acceptors (Lipinski definition) is 6. The van der Waals surface area contributed by atoms with Gasteiger partial charge in [0, 0.05) is 0 Å². The van der Waals surface area contributed by atoms with Gasteiger partial charge in [0.1, 0.15) is 11.5 Å². The summed E-state index contributed by atoms with van der Waals surface area (Å²) >= 11 is 0. The molecule has 0 unspecified atom stereocenters. The second-order valence-corrected chi connectivity index (χ2v) is 8.26. The smallest absolute Gasteiger partial charge is 0.316 e. The molecule has 0 spiro atoms. The molecule has 0 atom stereocenters. The first-order chi connectivity index (χ1) is 11.7. The molecule has 0 bridgehead atoms. The van der Waals surface area contributed by atoms with Crippen LogP contribution in [0, 0.1) is 0 Å². The van der Waals surface area contributed by atoms with Gasteiger partial charge in [-0.1, -0.05) is 86.8 Å². The van der Waals surface area contributed by atoms with E-state index >= 15 is 0 Å². The predicted molar refractivity (Wildman–Crippen MR) is 104 cm³/mol. The standard InChI is InChI=1S/C18H34O4S2/c1-3-5-7-9-11-13-21-17(19)15-23-24-16-18(20)22-14-12-10-8-6-4-2/h3-16H2,1-2H3. The lowest BCUT2D eigenvalue weighted by atomic mass is 10.2. The molecule has 0 heterocycles. The Hall–Kier alpha value is -0.360. The van der Waals surface area contributed by atoms with Crippen LogP contribution in [0.1, 0.15) is 78.1 Å². The van der Waals surface area contributed by atoms with Crippen LogP contribution in [0.3, 0.4) is 0 Å². The van der Waals surface area contributed by atoms with Crippen molar-refractivity contribution in [2.24, 2.45) is 0 Å². The van der Waals surface area contributed by atoms with Crippen LogP contribution >= 0.6 is 21.6 Å². The van der Waals surface area contributed by atoms with Crippen LogP contribution in [0.25, 0.3) is 0 Å². The van der Waals surface area contributed by atoms with Crippen LogP contribution in [0.2, 0.25) is 0 Å². The maximum Gasteiger partial charge on any atom is 0.316 e. The maximum atomic E-state index is 11.5. The van der Waals surface area contributed by atoms with Gasteiger partial charge in [-0.05, 0) is 12.8 Å². The minimum atomic E-state index is -0.202. The van der Waals surface area contributed by atoms with Gasteiger partial charge >= 0.3 is 11.9 Å². The molecule has 0 radical (unpaired) electrons. The molecule has 0 saturated heterocycles. The fourth-order valence-electron chi connectivity index (χ4n) is 2.05. The van der Waals surface area contributed by atoms with Crippen molar-refractivity contribution in [1.82, 2.24) is 0 Å². The predicted octanol–water partition coefficient (Wildman–Crippen LogP) is 5.40. The van der Waals surface area contributed by atoms with Crippen molar-refractivity contribution in [3.63, 3.8) is 0 Å². The second-order valence-electron chi connectivity index (χ2n) is 5.79. The Morgan fingerprint density at radius 3 is 1.38 bits per heavy atom. The number of esters is 2. The maximum absolute atomic E-state index is 11.5. The second kappa shape index (κ2) is 19.0. The van der Waals surface area contributed by atoms with E-state index < -0.39 is 0 Å². The van der Waals surface area contributed by atoms with Gasteiger partial charge in [0.25, 0.3) is 0 Å². The highest BCUT2D eigenvalue weighted by Gasteiger charge is 2.07. The zero-order valence-electron chi connectivity index (χ0n) is 15.3. The lowest BCUT2D eigenvalue weighted by Gasteiger charge is -2.05. The highest BCUT2D eigenvalue weighted by atomic mass is 33.1. The Labute approximate surface area is 155 Å². The Morgan fingerprint density at radius 2 is 1.00 bits per heavy atom. The van der Waals surface area contributed by atoms with Crippen LogP contribution in [-0.4, -0.2) is 36.7 Å². The van der Waals surface area contributed by atoms with E-state index in [4.69, 9.17) is 9.47 Å². The van der Waals surface area contributed by atoms with Crippen molar-refractivity contribution >= 4 is 33.5 Å². The lowest BCUT2D eigenvalue weighted by Crippen LogP contribution is -2.10. The number of ether oxygens (including phenoxy) is 2. The van der Waals surface area contributed by atoms with Gasteiger partial charge < -0.3 is 9.47 Å². The summed E-state index contributed by atoms with van der Waals surface area (Å²) in [4.78, 5) is 23.0. The highest BCUT2D eigenvalue weighted by Crippen LogP contribution is 2.21. The fraction of sp³-hybridized carbons (Fsp3) is 0.889. The molecule has 0 aromatic carbocycles. The molecule has 0 amide bonds. The third-order valence-electron chi connectivity index (χ3n) is 3.46. The van der Waals surface area contributed by atoms with E-state index in [9.17, 15) is 9.59 Å². The van der Waals surface area contributed by atoms with Gasteiger partial charge in [-0.3, -0.25) is 9.59 Å².